The lowest BCUT2D eigenvalue weighted by atomic mass is 10.0. The molecule has 0 unspecified atom stereocenters. The number of sulfonamides is 1. The number of ether oxygens (including phenoxy) is 2. The lowest BCUT2D eigenvalue weighted by molar-refractivity contribution is -0.114. The molecule has 0 bridgehead atoms. The molecule has 2 aromatic heterocycles. The van der Waals surface area contributed by atoms with E-state index in [2.05, 4.69) is 10.3 Å². The smallest absolute Gasteiger partial charge is 0.269 e. The average molecular weight is 633 g/mol. The first kappa shape index (κ1) is 30.6. The topological polar surface area (TPSA) is 111 Å². The Bertz CT molecular complexity index is 1760. The minimum Gasteiger partial charge on any atom is -0.381 e. The van der Waals surface area contributed by atoms with Crippen LogP contribution in [0.2, 0.25) is 0 Å². The third-order valence-electron chi connectivity index (χ3n) is 6.75. The molecule has 3 heterocycles. The van der Waals surface area contributed by atoms with Gasteiger partial charge in [-0.25, -0.2) is 35.9 Å². The van der Waals surface area contributed by atoms with Crippen LogP contribution in [0.15, 0.2) is 59.6 Å². The van der Waals surface area contributed by atoms with E-state index in [1.165, 1.54) is 49.8 Å². The molecule has 1 amide bonds. The minimum absolute atomic E-state index is 0.0176. The van der Waals surface area contributed by atoms with Crippen LogP contribution in [-0.4, -0.2) is 51.3 Å². The highest BCUT2D eigenvalue weighted by Crippen LogP contribution is 2.44. The summed E-state index contributed by atoms with van der Waals surface area (Å²) in [7, 11) is -3.61. The fourth-order valence-electron chi connectivity index (χ4n) is 4.73. The van der Waals surface area contributed by atoms with Crippen LogP contribution in [0.25, 0.3) is 21.7 Å². The molecule has 1 saturated heterocycles. The summed E-state index contributed by atoms with van der Waals surface area (Å²) in [5, 5.41) is 3.38. The van der Waals surface area contributed by atoms with Crippen molar-refractivity contribution in [1.29, 1.82) is 0 Å². The number of nitrogens with one attached hydrogen (secondary N) is 1. The monoisotopic (exact) mass is 632 g/mol. The van der Waals surface area contributed by atoms with Gasteiger partial charge in [-0.15, -0.1) is 11.3 Å². The number of methoxy groups -OCH3 is 1. The van der Waals surface area contributed by atoms with Gasteiger partial charge in [0, 0.05) is 44.9 Å². The highest BCUT2D eigenvalue weighted by molar-refractivity contribution is 7.92. The van der Waals surface area contributed by atoms with Gasteiger partial charge in [-0.2, -0.15) is 0 Å². The molecule has 0 aliphatic carbocycles. The van der Waals surface area contributed by atoms with Gasteiger partial charge in [0.05, 0.1) is 21.3 Å². The predicted molar refractivity (Wildman–Crippen MR) is 156 cm³/mol. The second-order valence-electron chi connectivity index (χ2n) is 9.71. The molecule has 1 N–H and O–H groups in total. The molecule has 43 heavy (non-hydrogen) atoms. The standard InChI is InChI=1S/C29H27F3N4O5S2/c1-17(37)34-25-14-19(8-11-33-25)28-27(35-29(42-28)18-9-12-41-13-10-18)21-4-3-5-23(26(21)32)36(16-40-2)43(38,39)24-15-20(30)6-7-22(24)31/h3-8,11,14-15,18H,9-10,12-13,16H2,1-2H3,(H,33,34,37). The summed E-state index contributed by atoms with van der Waals surface area (Å²) in [6.45, 7) is 1.79. The quantitative estimate of drug-likeness (QED) is 0.228. The van der Waals surface area contributed by atoms with Gasteiger partial charge >= 0.3 is 0 Å². The highest BCUT2D eigenvalue weighted by Gasteiger charge is 2.32. The molecule has 5 rings (SSSR count). The molecule has 0 atom stereocenters. The van der Waals surface area contributed by atoms with Crippen molar-refractivity contribution in [3.63, 3.8) is 0 Å². The van der Waals surface area contributed by atoms with Gasteiger partial charge in [0.15, 0.2) is 5.82 Å². The van der Waals surface area contributed by atoms with Crippen LogP contribution in [0.1, 0.15) is 30.7 Å². The van der Waals surface area contributed by atoms with Crippen molar-refractivity contribution in [2.75, 3.05) is 36.7 Å². The molecule has 2 aromatic carbocycles. The number of aromatic nitrogens is 2. The van der Waals surface area contributed by atoms with Gasteiger partial charge in [0.25, 0.3) is 10.0 Å². The van der Waals surface area contributed by atoms with Gasteiger partial charge < -0.3 is 14.8 Å². The van der Waals surface area contributed by atoms with E-state index >= 15 is 4.39 Å². The van der Waals surface area contributed by atoms with Crippen molar-refractivity contribution in [3.05, 3.63) is 77.2 Å². The zero-order valence-electron chi connectivity index (χ0n) is 23.1. The van der Waals surface area contributed by atoms with Crippen molar-refractivity contribution >= 4 is 38.8 Å². The molecule has 1 fully saturated rings. The summed E-state index contributed by atoms with van der Waals surface area (Å²) >= 11 is 1.36. The fourth-order valence-corrected chi connectivity index (χ4v) is 7.43. The average Bonchev–Trinajstić information content (AvgIpc) is 3.43. The number of amides is 1. The van der Waals surface area contributed by atoms with Crippen LogP contribution in [0.3, 0.4) is 0 Å². The number of thiazole rings is 1. The number of rotatable bonds is 9. The van der Waals surface area contributed by atoms with Crippen molar-refractivity contribution in [2.45, 2.75) is 30.6 Å². The summed E-state index contributed by atoms with van der Waals surface area (Å²) in [6.07, 6.45) is 2.95. The number of halogens is 3. The molecule has 9 nitrogen and oxygen atoms in total. The van der Waals surface area contributed by atoms with E-state index in [4.69, 9.17) is 14.5 Å². The van der Waals surface area contributed by atoms with E-state index in [-0.39, 0.29) is 23.1 Å². The predicted octanol–water partition coefficient (Wildman–Crippen LogP) is 5.94. The fraction of sp³-hybridized carbons (Fsp3) is 0.276. The Morgan fingerprint density at radius 3 is 2.63 bits per heavy atom. The molecule has 4 aromatic rings. The maximum Gasteiger partial charge on any atom is 0.269 e. The van der Waals surface area contributed by atoms with Crippen LogP contribution >= 0.6 is 11.3 Å². The van der Waals surface area contributed by atoms with Crippen LogP contribution in [0.5, 0.6) is 0 Å². The zero-order valence-corrected chi connectivity index (χ0v) is 24.8. The number of pyridine rings is 1. The number of nitrogens with zero attached hydrogens (tertiary/aromatic N) is 3. The number of hydrogen-bond acceptors (Lipinski definition) is 8. The Hall–Kier alpha value is -3.85. The maximum absolute atomic E-state index is 16.5. The first-order valence-electron chi connectivity index (χ1n) is 13.2. The second kappa shape index (κ2) is 12.8. The number of carbonyl (C=O) groups is 1. The lowest BCUT2D eigenvalue weighted by Gasteiger charge is -2.25. The van der Waals surface area contributed by atoms with E-state index < -0.39 is 44.8 Å². The molecule has 0 spiro atoms. The largest absolute Gasteiger partial charge is 0.381 e. The van der Waals surface area contributed by atoms with Gasteiger partial charge in [-0.3, -0.25) is 4.79 Å². The lowest BCUT2D eigenvalue weighted by Crippen LogP contribution is -2.34. The Kier molecular flexibility index (Phi) is 9.11. The molecular formula is C29H27F3N4O5S2. The SMILES string of the molecule is COCN(c1cccc(-c2nc(C3CCOCC3)sc2-c2ccnc(NC(C)=O)c2)c1F)S(=O)(=O)c1cc(F)ccc1F. The van der Waals surface area contributed by atoms with Crippen LogP contribution < -0.4 is 9.62 Å². The van der Waals surface area contributed by atoms with E-state index in [1.807, 2.05) is 0 Å². The van der Waals surface area contributed by atoms with Gasteiger partial charge in [0.1, 0.15) is 29.1 Å². The van der Waals surface area contributed by atoms with Crippen molar-refractivity contribution in [3.8, 4) is 21.7 Å². The number of hydrogen-bond donors (Lipinski definition) is 1. The zero-order chi connectivity index (χ0) is 30.7. The third-order valence-corrected chi connectivity index (χ3v) is 9.77. The summed E-state index contributed by atoms with van der Waals surface area (Å²) in [4.78, 5) is 20.3. The number of carbonyl (C=O) groups excluding carboxylic acids is 1. The minimum atomic E-state index is -4.81. The Morgan fingerprint density at radius 1 is 1.14 bits per heavy atom. The molecule has 1 aliphatic rings. The Morgan fingerprint density at radius 2 is 1.91 bits per heavy atom. The molecule has 226 valence electrons. The first-order chi connectivity index (χ1) is 20.6. The van der Waals surface area contributed by atoms with Gasteiger partial charge in [-0.05, 0) is 60.9 Å². The summed E-state index contributed by atoms with van der Waals surface area (Å²) < 4.78 is 83.2. The van der Waals surface area contributed by atoms with Gasteiger partial charge in [0.2, 0.25) is 5.91 Å². The van der Waals surface area contributed by atoms with E-state index in [1.54, 1.807) is 12.1 Å². The normalized spacial score (nSPS) is 14.1. The van der Waals surface area contributed by atoms with Crippen LogP contribution in [0.4, 0.5) is 24.7 Å². The van der Waals surface area contributed by atoms with Crippen molar-refractivity contribution in [2.24, 2.45) is 0 Å². The molecular weight excluding hydrogens is 605 g/mol. The molecule has 0 radical (unpaired) electrons. The van der Waals surface area contributed by atoms with E-state index in [0.717, 1.165) is 23.9 Å². The Balaban J connectivity index is 1.66. The summed E-state index contributed by atoms with van der Waals surface area (Å²) in [5.41, 5.74) is 0.397. The number of benzene rings is 2. The second-order valence-corrected chi connectivity index (χ2v) is 12.6. The highest BCUT2D eigenvalue weighted by atomic mass is 32.2. The molecule has 0 saturated carbocycles. The molecule has 1 aliphatic heterocycles. The summed E-state index contributed by atoms with van der Waals surface area (Å²) in [6, 6.07) is 9.45. The summed E-state index contributed by atoms with van der Waals surface area (Å²) in [5.74, 6) is -3.09. The van der Waals surface area contributed by atoms with E-state index in [0.29, 0.717) is 45.9 Å². The van der Waals surface area contributed by atoms with Crippen molar-refractivity contribution < 1.29 is 35.9 Å². The Labute approximate surface area is 250 Å². The third kappa shape index (κ3) is 6.42. The maximum atomic E-state index is 16.5. The van der Waals surface area contributed by atoms with Crippen LogP contribution in [-0.2, 0) is 24.3 Å². The first-order valence-corrected chi connectivity index (χ1v) is 15.4. The number of anilines is 2. The molecule has 14 heteroatoms. The van der Waals surface area contributed by atoms with E-state index in [9.17, 15) is 22.0 Å². The van der Waals surface area contributed by atoms with Crippen molar-refractivity contribution in [1.82, 2.24) is 9.97 Å². The van der Waals surface area contributed by atoms with Crippen LogP contribution in [0, 0.1) is 17.5 Å². The van der Waals surface area contributed by atoms with Gasteiger partial charge in [-0.1, -0.05) is 6.07 Å².